The summed E-state index contributed by atoms with van der Waals surface area (Å²) in [6, 6.07) is 9.37. The van der Waals surface area contributed by atoms with Crippen molar-refractivity contribution in [2.75, 3.05) is 26.9 Å². The van der Waals surface area contributed by atoms with E-state index in [-0.39, 0.29) is 18.6 Å². The molecule has 2 rings (SSSR count). The molecular formula is C27H44N2O6Si. The monoisotopic (exact) mass is 520 g/mol. The molecule has 0 saturated carbocycles. The number of hydrogen-bond donors (Lipinski definition) is 4. The number of aliphatic hydroxyl groups excluding tert-OH is 2. The van der Waals surface area contributed by atoms with Crippen LogP contribution in [0.2, 0.25) is 16.6 Å². The minimum atomic E-state index is -2.21. The van der Waals surface area contributed by atoms with Crippen LogP contribution in [0.1, 0.15) is 59.0 Å². The Morgan fingerprint density at radius 2 is 1.61 bits per heavy atom. The van der Waals surface area contributed by atoms with Gasteiger partial charge >= 0.3 is 0 Å². The van der Waals surface area contributed by atoms with Crippen LogP contribution in [-0.4, -0.2) is 68.5 Å². The third-order valence-corrected chi connectivity index (χ3v) is 12.6. The van der Waals surface area contributed by atoms with Gasteiger partial charge in [-0.15, -0.1) is 0 Å². The minimum absolute atomic E-state index is 0.0330. The summed E-state index contributed by atoms with van der Waals surface area (Å²) in [5.74, 6) is 1.05. The Morgan fingerprint density at radius 1 is 1.00 bits per heavy atom. The van der Waals surface area contributed by atoms with E-state index in [0.29, 0.717) is 34.7 Å². The highest BCUT2D eigenvalue weighted by atomic mass is 28.4. The van der Waals surface area contributed by atoms with E-state index in [2.05, 4.69) is 51.8 Å². The van der Waals surface area contributed by atoms with Gasteiger partial charge in [0.1, 0.15) is 23.3 Å². The number of carbonyl (C=O) groups is 1. The molecule has 2 aromatic rings. The fourth-order valence-corrected chi connectivity index (χ4v) is 10.2. The Kier molecular flexibility index (Phi) is 11.0. The maximum absolute atomic E-state index is 12.5. The number of nitrogens with one attached hydrogen (secondary N) is 2. The van der Waals surface area contributed by atoms with E-state index >= 15 is 0 Å². The average molecular weight is 521 g/mol. The molecule has 0 unspecified atom stereocenters. The molecule has 1 amide bonds. The van der Waals surface area contributed by atoms with Crippen LogP contribution in [-0.2, 0) is 4.74 Å². The number of carbonyl (C=O) groups excluding carboxylic acids is 1. The van der Waals surface area contributed by atoms with Crippen molar-refractivity contribution in [2.45, 2.75) is 77.3 Å². The highest BCUT2D eigenvalue weighted by Crippen LogP contribution is 2.44. The van der Waals surface area contributed by atoms with Crippen LogP contribution in [0, 0.1) is 0 Å². The molecule has 2 atom stereocenters. The van der Waals surface area contributed by atoms with Crippen LogP contribution in [0.15, 0.2) is 30.3 Å². The molecule has 0 aliphatic rings. The normalized spacial score (nSPS) is 13.8. The van der Waals surface area contributed by atoms with Gasteiger partial charge in [-0.25, -0.2) is 0 Å². The summed E-state index contributed by atoms with van der Waals surface area (Å²) in [4.78, 5) is 15.6. The van der Waals surface area contributed by atoms with E-state index < -0.39 is 21.0 Å². The number of aromatic amines is 1. The van der Waals surface area contributed by atoms with Crippen LogP contribution in [0.5, 0.6) is 11.5 Å². The predicted molar refractivity (Wildman–Crippen MR) is 145 cm³/mol. The summed E-state index contributed by atoms with van der Waals surface area (Å²) in [7, 11) is -0.564. The largest absolute Gasteiger partial charge is 0.543 e. The van der Waals surface area contributed by atoms with Gasteiger partial charge in [-0.3, -0.25) is 4.79 Å². The predicted octanol–water partition coefficient (Wildman–Crippen LogP) is 4.73. The summed E-state index contributed by atoms with van der Waals surface area (Å²) in [6.07, 6.45) is -1.15. The van der Waals surface area contributed by atoms with Crippen molar-refractivity contribution in [1.82, 2.24) is 10.3 Å². The molecule has 1 aromatic heterocycles. The third kappa shape index (κ3) is 7.35. The number of rotatable bonds is 14. The molecule has 1 aromatic carbocycles. The summed E-state index contributed by atoms with van der Waals surface area (Å²) in [6.45, 7) is 15.4. The molecule has 0 aliphatic carbocycles. The number of benzene rings is 1. The van der Waals surface area contributed by atoms with Crippen molar-refractivity contribution in [3.05, 3.63) is 36.0 Å². The van der Waals surface area contributed by atoms with Gasteiger partial charge in [-0.05, 0) is 47.8 Å². The van der Waals surface area contributed by atoms with Gasteiger partial charge in [-0.1, -0.05) is 41.5 Å². The molecule has 202 valence electrons. The van der Waals surface area contributed by atoms with Gasteiger partial charge in [0.15, 0.2) is 0 Å². The van der Waals surface area contributed by atoms with Crippen LogP contribution in [0.25, 0.3) is 11.3 Å². The molecule has 0 aliphatic heterocycles. The second kappa shape index (κ2) is 13.3. The van der Waals surface area contributed by atoms with E-state index in [1.165, 1.54) is 0 Å². The fourth-order valence-electron chi connectivity index (χ4n) is 4.98. The van der Waals surface area contributed by atoms with Gasteiger partial charge in [-0.2, -0.15) is 0 Å². The molecule has 0 radical (unpaired) electrons. The molecule has 8 nitrogen and oxygen atoms in total. The number of ether oxygens (including phenoxy) is 2. The Balaban J connectivity index is 2.46. The quantitative estimate of drug-likeness (QED) is 0.268. The van der Waals surface area contributed by atoms with Gasteiger partial charge in [0.2, 0.25) is 0 Å². The highest BCUT2D eigenvalue weighted by molar-refractivity contribution is 6.78. The lowest BCUT2D eigenvalue weighted by molar-refractivity contribution is 0.0799. The Morgan fingerprint density at radius 3 is 2.17 bits per heavy atom. The van der Waals surface area contributed by atoms with Crippen molar-refractivity contribution in [3.8, 4) is 22.8 Å². The third-order valence-electron chi connectivity index (χ3n) is 6.57. The van der Waals surface area contributed by atoms with Crippen molar-refractivity contribution < 1.29 is 28.9 Å². The zero-order chi connectivity index (χ0) is 27.0. The first-order valence-electron chi connectivity index (χ1n) is 12.7. The molecular weight excluding hydrogens is 476 g/mol. The minimum Gasteiger partial charge on any atom is -0.543 e. The topological polar surface area (TPSA) is 113 Å². The molecule has 0 spiro atoms. The number of amides is 1. The highest BCUT2D eigenvalue weighted by Gasteiger charge is 2.47. The number of hydrogen-bond acceptors (Lipinski definition) is 6. The number of H-pyrrole nitrogens is 1. The van der Waals surface area contributed by atoms with Crippen LogP contribution in [0.4, 0.5) is 0 Å². The maximum Gasteiger partial charge on any atom is 0.267 e. The first kappa shape index (κ1) is 29.9. The first-order chi connectivity index (χ1) is 16.9. The second-order valence-electron chi connectivity index (χ2n) is 10.3. The van der Waals surface area contributed by atoms with E-state index in [1.54, 1.807) is 13.2 Å². The molecule has 0 bridgehead atoms. The summed E-state index contributed by atoms with van der Waals surface area (Å²) < 4.78 is 18.3. The van der Waals surface area contributed by atoms with Gasteiger partial charge < -0.3 is 34.4 Å². The zero-order valence-electron chi connectivity index (χ0n) is 22.9. The van der Waals surface area contributed by atoms with Gasteiger partial charge in [0.25, 0.3) is 14.2 Å². The molecule has 0 saturated heterocycles. The van der Waals surface area contributed by atoms with Crippen molar-refractivity contribution in [2.24, 2.45) is 0 Å². The Bertz CT molecular complexity index is 953. The van der Waals surface area contributed by atoms with Gasteiger partial charge in [0.05, 0.1) is 19.3 Å². The van der Waals surface area contributed by atoms with E-state index in [0.717, 1.165) is 17.0 Å². The second-order valence-corrected chi connectivity index (χ2v) is 15.7. The van der Waals surface area contributed by atoms with Crippen molar-refractivity contribution >= 4 is 14.2 Å². The van der Waals surface area contributed by atoms with E-state index in [9.17, 15) is 9.90 Å². The number of aliphatic hydroxyl groups is 2. The molecule has 4 N–H and O–H groups in total. The van der Waals surface area contributed by atoms with E-state index in [4.69, 9.17) is 19.0 Å². The van der Waals surface area contributed by atoms with Crippen molar-refractivity contribution in [1.29, 1.82) is 0 Å². The summed E-state index contributed by atoms with van der Waals surface area (Å²) in [5.41, 5.74) is 3.16. The molecule has 0 fully saturated rings. The Hall–Kier alpha value is -2.33. The number of aromatic nitrogens is 1. The fraction of sp³-hybridized carbons (Fsp3) is 0.593. The van der Waals surface area contributed by atoms with E-state index in [1.807, 2.05) is 31.2 Å². The lowest BCUT2D eigenvalue weighted by Gasteiger charge is -2.42. The summed E-state index contributed by atoms with van der Waals surface area (Å²) in [5, 5.41) is 21.1. The van der Waals surface area contributed by atoms with Crippen LogP contribution >= 0.6 is 0 Å². The lowest BCUT2D eigenvalue weighted by atomic mass is 10.1. The molecule has 36 heavy (non-hydrogen) atoms. The van der Waals surface area contributed by atoms with Crippen LogP contribution in [0.3, 0.4) is 0 Å². The average Bonchev–Trinajstić information content (AvgIpc) is 3.30. The maximum atomic E-state index is 12.5. The molecule has 1 heterocycles. The molecule has 9 heteroatoms. The van der Waals surface area contributed by atoms with Crippen LogP contribution < -0.4 is 14.5 Å². The number of methoxy groups -OCH3 is 1. The Labute approximate surface area is 216 Å². The SMILES string of the molecule is COC[C@H](C)Oc1cc(O[Si](C(C)C)(C(C)C)C(C)C)cc(-c2ccc(C(=O)NC[C@H](O)CO)[nH]2)c1. The first-order valence-corrected chi connectivity index (χ1v) is 14.8. The zero-order valence-corrected chi connectivity index (χ0v) is 23.9. The summed E-state index contributed by atoms with van der Waals surface area (Å²) >= 11 is 0. The lowest BCUT2D eigenvalue weighted by Crippen LogP contribution is -2.50. The standard InChI is InChI=1S/C27H44N2O6Si/c1-17(2)36(18(3)4,19(5)6)35-24-12-21(11-23(13-24)34-20(7)16-33-8)25-9-10-26(29-25)27(32)28-14-22(31)15-30/h9-13,17-20,22,29-31H,14-16H2,1-8H3,(H,28,32)/t20-,22-/m0/s1. The van der Waals surface area contributed by atoms with Gasteiger partial charge in [0, 0.05) is 31.0 Å². The van der Waals surface area contributed by atoms with Crippen molar-refractivity contribution in [3.63, 3.8) is 0 Å². The smallest absolute Gasteiger partial charge is 0.267 e.